The second kappa shape index (κ2) is 4.20. The maximum atomic E-state index is 12.6. The average molecular weight is 185 g/mol. The molecule has 0 bridgehead atoms. The van der Waals surface area contributed by atoms with Gasteiger partial charge in [-0.2, -0.15) is 0 Å². The number of likely N-dealkylation sites (N-methyl/N-ethyl adjacent to an activating group) is 1. The Labute approximate surface area is 75.8 Å². The number of benzene rings is 1. The van der Waals surface area contributed by atoms with Crippen molar-refractivity contribution in [3.05, 3.63) is 29.6 Å². The molecule has 0 aliphatic rings. The number of halogens is 1. The molecule has 0 saturated heterocycles. The van der Waals surface area contributed by atoms with Crippen LogP contribution in [0, 0.1) is 5.82 Å². The van der Waals surface area contributed by atoms with Crippen LogP contribution in [-0.2, 0) is 0 Å². The standard InChI is InChI=1S/C9H12FNO2/c1-11-8(5-12)7-3-2-6(10)4-9(7)13/h2-4,8,11-13H,5H2,1H3/t8-/m1/s1. The fourth-order valence-electron chi connectivity index (χ4n) is 1.16. The minimum Gasteiger partial charge on any atom is -0.508 e. The lowest BCUT2D eigenvalue weighted by Crippen LogP contribution is -2.19. The van der Waals surface area contributed by atoms with Gasteiger partial charge in [0.25, 0.3) is 0 Å². The van der Waals surface area contributed by atoms with Gasteiger partial charge in [0, 0.05) is 11.6 Å². The van der Waals surface area contributed by atoms with Gasteiger partial charge in [-0.05, 0) is 13.1 Å². The Hall–Kier alpha value is -1.13. The highest BCUT2D eigenvalue weighted by Crippen LogP contribution is 2.24. The van der Waals surface area contributed by atoms with Crippen molar-refractivity contribution in [3.63, 3.8) is 0 Å². The highest BCUT2D eigenvalue weighted by atomic mass is 19.1. The molecular weight excluding hydrogens is 173 g/mol. The summed E-state index contributed by atoms with van der Waals surface area (Å²) < 4.78 is 12.6. The average Bonchev–Trinajstić information content (AvgIpc) is 2.10. The van der Waals surface area contributed by atoms with Crippen LogP contribution < -0.4 is 5.32 Å². The van der Waals surface area contributed by atoms with Crippen LogP contribution in [-0.4, -0.2) is 23.9 Å². The van der Waals surface area contributed by atoms with Crippen molar-refractivity contribution >= 4 is 0 Å². The Bertz CT molecular complexity index is 287. The summed E-state index contributed by atoms with van der Waals surface area (Å²) in [4.78, 5) is 0. The number of rotatable bonds is 3. The molecule has 0 spiro atoms. The summed E-state index contributed by atoms with van der Waals surface area (Å²) in [6.45, 7) is -0.143. The number of hydrogen-bond donors (Lipinski definition) is 3. The van der Waals surface area contributed by atoms with Crippen molar-refractivity contribution in [1.29, 1.82) is 0 Å². The first-order chi connectivity index (χ1) is 6.19. The minimum absolute atomic E-state index is 0.143. The molecule has 0 amide bonds. The molecule has 1 atom stereocenters. The van der Waals surface area contributed by atoms with Crippen LogP contribution in [0.4, 0.5) is 4.39 Å². The smallest absolute Gasteiger partial charge is 0.126 e. The molecule has 1 rings (SSSR count). The van der Waals surface area contributed by atoms with Crippen molar-refractivity contribution in [1.82, 2.24) is 5.32 Å². The summed E-state index contributed by atoms with van der Waals surface area (Å²) in [7, 11) is 1.66. The predicted octanol–water partition coefficient (Wildman–Crippen LogP) is 0.784. The van der Waals surface area contributed by atoms with E-state index < -0.39 is 5.82 Å². The zero-order valence-corrected chi connectivity index (χ0v) is 7.29. The molecule has 3 N–H and O–H groups in total. The van der Waals surface area contributed by atoms with Crippen LogP contribution in [0.2, 0.25) is 0 Å². The third-order valence-corrected chi connectivity index (χ3v) is 1.90. The summed E-state index contributed by atoms with van der Waals surface area (Å²) in [5.74, 6) is -0.637. The lowest BCUT2D eigenvalue weighted by atomic mass is 10.1. The normalized spacial score (nSPS) is 12.8. The van der Waals surface area contributed by atoms with E-state index in [1.807, 2.05) is 0 Å². The van der Waals surface area contributed by atoms with E-state index in [4.69, 9.17) is 5.11 Å². The topological polar surface area (TPSA) is 52.5 Å². The van der Waals surface area contributed by atoms with Crippen LogP contribution in [0.1, 0.15) is 11.6 Å². The molecule has 0 heterocycles. The monoisotopic (exact) mass is 185 g/mol. The summed E-state index contributed by atoms with van der Waals surface area (Å²) in [5, 5.41) is 21.0. The Morgan fingerprint density at radius 1 is 1.54 bits per heavy atom. The predicted molar refractivity (Wildman–Crippen MR) is 47.0 cm³/mol. The lowest BCUT2D eigenvalue weighted by Gasteiger charge is -2.14. The van der Waals surface area contributed by atoms with Crippen LogP contribution in [0.15, 0.2) is 18.2 Å². The quantitative estimate of drug-likeness (QED) is 0.652. The molecule has 3 nitrogen and oxygen atoms in total. The zero-order chi connectivity index (χ0) is 9.84. The van der Waals surface area contributed by atoms with E-state index in [1.165, 1.54) is 12.1 Å². The summed E-state index contributed by atoms with van der Waals surface area (Å²) in [6.07, 6.45) is 0. The largest absolute Gasteiger partial charge is 0.508 e. The Kier molecular flexibility index (Phi) is 3.22. The van der Waals surface area contributed by atoms with E-state index in [-0.39, 0.29) is 18.4 Å². The number of nitrogens with one attached hydrogen (secondary N) is 1. The Morgan fingerprint density at radius 2 is 2.23 bits per heavy atom. The molecule has 4 heteroatoms. The van der Waals surface area contributed by atoms with Crippen LogP contribution in [0.3, 0.4) is 0 Å². The van der Waals surface area contributed by atoms with E-state index >= 15 is 0 Å². The van der Waals surface area contributed by atoms with Gasteiger partial charge in [0.15, 0.2) is 0 Å². The molecule has 0 aromatic heterocycles. The van der Waals surface area contributed by atoms with E-state index in [1.54, 1.807) is 7.05 Å². The van der Waals surface area contributed by atoms with Gasteiger partial charge in [0.1, 0.15) is 11.6 Å². The van der Waals surface area contributed by atoms with Crippen molar-refractivity contribution in [2.75, 3.05) is 13.7 Å². The molecule has 1 aromatic carbocycles. The maximum absolute atomic E-state index is 12.6. The number of aliphatic hydroxyl groups excluding tert-OH is 1. The third-order valence-electron chi connectivity index (χ3n) is 1.90. The van der Waals surface area contributed by atoms with Crippen LogP contribution in [0.25, 0.3) is 0 Å². The number of phenols is 1. The number of hydrogen-bond acceptors (Lipinski definition) is 3. The zero-order valence-electron chi connectivity index (χ0n) is 7.29. The van der Waals surface area contributed by atoms with E-state index in [9.17, 15) is 9.50 Å². The minimum atomic E-state index is -0.492. The summed E-state index contributed by atoms with van der Waals surface area (Å²) in [6, 6.07) is 3.35. The number of aliphatic hydroxyl groups is 1. The summed E-state index contributed by atoms with van der Waals surface area (Å²) >= 11 is 0. The Morgan fingerprint density at radius 3 is 2.69 bits per heavy atom. The molecule has 1 aromatic rings. The fourth-order valence-corrected chi connectivity index (χ4v) is 1.16. The van der Waals surface area contributed by atoms with Gasteiger partial charge in [-0.1, -0.05) is 6.07 Å². The molecular formula is C9H12FNO2. The first kappa shape index (κ1) is 9.95. The van der Waals surface area contributed by atoms with Gasteiger partial charge in [0.2, 0.25) is 0 Å². The molecule has 13 heavy (non-hydrogen) atoms. The molecule has 0 aliphatic carbocycles. The molecule has 0 unspecified atom stereocenters. The van der Waals surface area contributed by atoms with Gasteiger partial charge in [-0.3, -0.25) is 0 Å². The van der Waals surface area contributed by atoms with Gasteiger partial charge < -0.3 is 15.5 Å². The van der Waals surface area contributed by atoms with Crippen molar-refractivity contribution < 1.29 is 14.6 Å². The molecule has 0 aliphatic heterocycles. The van der Waals surface area contributed by atoms with Gasteiger partial charge >= 0.3 is 0 Å². The number of aromatic hydroxyl groups is 1. The van der Waals surface area contributed by atoms with E-state index in [0.29, 0.717) is 5.56 Å². The van der Waals surface area contributed by atoms with Gasteiger partial charge in [0.05, 0.1) is 12.6 Å². The highest BCUT2D eigenvalue weighted by Gasteiger charge is 2.12. The van der Waals surface area contributed by atoms with Crippen LogP contribution in [0.5, 0.6) is 5.75 Å². The van der Waals surface area contributed by atoms with Crippen LogP contribution >= 0.6 is 0 Å². The van der Waals surface area contributed by atoms with E-state index in [0.717, 1.165) is 6.07 Å². The third kappa shape index (κ3) is 2.17. The van der Waals surface area contributed by atoms with Gasteiger partial charge in [-0.15, -0.1) is 0 Å². The Balaban J connectivity index is 2.99. The second-order valence-electron chi connectivity index (χ2n) is 2.73. The SMILES string of the molecule is CN[C@H](CO)c1ccc(F)cc1O. The second-order valence-corrected chi connectivity index (χ2v) is 2.73. The fraction of sp³-hybridized carbons (Fsp3) is 0.333. The van der Waals surface area contributed by atoms with Crippen molar-refractivity contribution in [2.24, 2.45) is 0 Å². The summed E-state index contributed by atoms with van der Waals surface area (Å²) in [5.41, 5.74) is 0.492. The van der Waals surface area contributed by atoms with Crippen molar-refractivity contribution in [2.45, 2.75) is 6.04 Å². The van der Waals surface area contributed by atoms with E-state index in [2.05, 4.69) is 5.32 Å². The lowest BCUT2D eigenvalue weighted by molar-refractivity contribution is 0.248. The maximum Gasteiger partial charge on any atom is 0.126 e. The molecule has 0 saturated carbocycles. The molecule has 72 valence electrons. The van der Waals surface area contributed by atoms with Crippen molar-refractivity contribution in [3.8, 4) is 5.75 Å². The molecule has 0 fully saturated rings. The number of phenolic OH excluding ortho intramolecular Hbond substituents is 1. The molecule has 0 radical (unpaired) electrons. The first-order valence-electron chi connectivity index (χ1n) is 3.95. The van der Waals surface area contributed by atoms with Gasteiger partial charge in [-0.25, -0.2) is 4.39 Å². The highest BCUT2D eigenvalue weighted by molar-refractivity contribution is 5.35. The first-order valence-corrected chi connectivity index (χ1v) is 3.95.